The van der Waals surface area contributed by atoms with E-state index >= 15 is 0 Å². The molecule has 2 N–H and O–H groups in total. The molecule has 0 saturated heterocycles. The van der Waals surface area contributed by atoms with Crippen LogP contribution in [0, 0.1) is 0 Å². The van der Waals surface area contributed by atoms with Crippen molar-refractivity contribution in [2.75, 3.05) is 7.11 Å². The van der Waals surface area contributed by atoms with E-state index < -0.39 is 0 Å². The van der Waals surface area contributed by atoms with Gasteiger partial charge in [-0.1, -0.05) is 6.07 Å². The molecule has 3 nitrogen and oxygen atoms in total. The van der Waals surface area contributed by atoms with Gasteiger partial charge in [0.2, 0.25) is 0 Å². The van der Waals surface area contributed by atoms with Gasteiger partial charge in [0.15, 0.2) is 0 Å². The SMILES string of the molecule is CCn1cc(CC(C)N)c2c(OC)cccc21. The number of methoxy groups -OCH3 is 1. The van der Waals surface area contributed by atoms with Crippen LogP contribution in [0.15, 0.2) is 24.4 Å². The second kappa shape index (κ2) is 4.80. The molecule has 1 heterocycles. The molecule has 1 aromatic carbocycles. The van der Waals surface area contributed by atoms with Gasteiger partial charge < -0.3 is 15.0 Å². The molecule has 0 aliphatic rings. The Labute approximate surface area is 102 Å². The van der Waals surface area contributed by atoms with Crippen molar-refractivity contribution in [2.45, 2.75) is 32.9 Å². The number of fused-ring (bicyclic) bond motifs is 1. The van der Waals surface area contributed by atoms with Gasteiger partial charge in [0.25, 0.3) is 0 Å². The zero-order chi connectivity index (χ0) is 12.4. The average molecular weight is 232 g/mol. The third-order valence-electron chi connectivity index (χ3n) is 3.05. The topological polar surface area (TPSA) is 40.2 Å². The lowest BCUT2D eigenvalue weighted by molar-refractivity contribution is 0.419. The molecule has 0 fully saturated rings. The van der Waals surface area contributed by atoms with Crippen molar-refractivity contribution in [3.05, 3.63) is 30.0 Å². The van der Waals surface area contributed by atoms with Crippen molar-refractivity contribution in [1.29, 1.82) is 0 Å². The van der Waals surface area contributed by atoms with Crippen molar-refractivity contribution in [2.24, 2.45) is 5.73 Å². The van der Waals surface area contributed by atoms with Crippen LogP contribution in [0.1, 0.15) is 19.4 Å². The standard InChI is InChI=1S/C14H20N2O/c1-4-16-9-11(8-10(2)15)14-12(16)6-5-7-13(14)17-3/h5-7,9-10H,4,8,15H2,1-3H3. The Kier molecular flexibility index (Phi) is 3.38. The number of benzene rings is 1. The van der Waals surface area contributed by atoms with E-state index in [9.17, 15) is 0 Å². The Balaban J connectivity index is 2.65. The molecule has 3 heteroatoms. The van der Waals surface area contributed by atoms with Gasteiger partial charge in [-0.15, -0.1) is 0 Å². The lowest BCUT2D eigenvalue weighted by atomic mass is 10.1. The maximum atomic E-state index is 5.91. The normalized spacial score (nSPS) is 12.9. The lowest BCUT2D eigenvalue weighted by Crippen LogP contribution is -2.17. The zero-order valence-electron chi connectivity index (χ0n) is 10.7. The third-order valence-corrected chi connectivity index (χ3v) is 3.05. The summed E-state index contributed by atoms with van der Waals surface area (Å²) in [4.78, 5) is 0. The van der Waals surface area contributed by atoms with Crippen LogP contribution < -0.4 is 10.5 Å². The Morgan fingerprint density at radius 3 is 2.76 bits per heavy atom. The smallest absolute Gasteiger partial charge is 0.128 e. The van der Waals surface area contributed by atoms with Gasteiger partial charge in [0, 0.05) is 24.2 Å². The summed E-state index contributed by atoms with van der Waals surface area (Å²) >= 11 is 0. The number of aromatic nitrogens is 1. The van der Waals surface area contributed by atoms with Crippen LogP contribution in [0.5, 0.6) is 5.75 Å². The summed E-state index contributed by atoms with van der Waals surface area (Å²) in [5.74, 6) is 0.936. The van der Waals surface area contributed by atoms with E-state index in [-0.39, 0.29) is 6.04 Å². The van der Waals surface area contributed by atoms with Crippen molar-refractivity contribution in [1.82, 2.24) is 4.57 Å². The fourth-order valence-electron chi connectivity index (χ4n) is 2.34. The van der Waals surface area contributed by atoms with E-state index in [0.29, 0.717) is 0 Å². The van der Waals surface area contributed by atoms with E-state index in [1.54, 1.807) is 7.11 Å². The van der Waals surface area contributed by atoms with Crippen molar-refractivity contribution in [3.63, 3.8) is 0 Å². The molecule has 0 aliphatic carbocycles. The molecule has 0 aliphatic heterocycles. The molecule has 0 amide bonds. The summed E-state index contributed by atoms with van der Waals surface area (Å²) in [7, 11) is 1.72. The van der Waals surface area contributed by atoms with E-state index in [0.717, 1.165) is 18.7 Å². The highest BCUT2D eigenvalue weighted by Crippen LogP contribution is 2.31. The minimum absolute atomic E-state index is 0.163. The number of aryl methyl sites for hydroxylation is 1. The Hall–Kier alpha value is -1.48. The minimum atomic E-state index is 0.163. The number of nitrogens with zero attached hydrogens (tertiary/aromatic N) is 1. The quantitative estimate of drug-likeness (QED) is 0.880. The molecule has 1 atom stereocenters. The monoisotopic (exact) mass is 232 g/mol. The van der Waals surface area contributed by atoms with E-state index in [1.807, 2.05) is 19.1 Å². The second-order valence-electron chi connectivity index (χ2n) is 4.48. The van der Waals surface area contributed by atoms with Crippen LogP contribution in [0.4, 0.5) is 0 Å². The molecular formula is C14H20N2O. The van der Waals surface area contributed by atoms with Crippen LogP contribution in [0.25, 0.3) is 10.9 Å². The first kappa shape index (κ1) is 12.0. The minimum Gasteiger partial charge on any atom is -0.496 e. The van der Waals surface area contributed by atoms with Crippen LogP contribution in [0.2, 0.25) is 0 Å². The Bertz CT molecular complexity index is 514. The van der Waals surface area contributed by atoms with Gasteiger partial charge in [-0.3, -0.25) is 0 Å². The van der Waals surface area contributed by atoms with Crippen molar-refractivity contribution in [3.8, 4) is 5.75 Å². The average Bonchev–Trinajstić information content (AvgIpc) is 2.66. The predicted octanol–water partition coefficient (Wildman–Crippen LogP) is 2.56. The van der Waals surface area contributed by atoms with Gasteiger partial charge in [-0.05, 0) is 38.0 Å². The molecule has 0 saturated carbocycles. The summed E-state index contributed by atoms with van der Waals surface area (Å²) in [5.41, 5.74) is 8.40. The first-order chi connectivity index (χ1) is 8.17. The maximum absolute atomic E-state index is 5.91. The number of rotatable bonds is 4. The summed E-state index contributed by atoms with van der Waals surface area (Å²) in [6.45, 7) is 5.14. The van der Waals surface area contributed by atoms with Crippen molar-refractivity contribution >= 4 is 10.9 Å². The molecule has 92 valence electrons. The first-order valence-corrected chi connectivity index (χ1v) is 6.07. The first-order valence-electron chi connectivity index (χ1n) is 6.07. The second-order valence-corrected chi connectivity index (χ2v) is 4.48. The lowest BCUT2D eigenvalue weighted by Gasteiger charge is -2.06. The number of hydrogen-bond acceptors (Lipinski definition) is 2. The third kappa shape index (κ3) is 2.15. The van der Waals surface area contributed by atoms with Crippen LogP contribution in [0.3, 0.4) is 0 Å². The van der Waals surface area contributed by atoms with Gasteiger partial charge in [-0.25, -0.2) is 0 Å². The molecule has 17 heavy (non-hydrogen) atoms. The molecule has 0 radical (unpaired) electrons. The maximum Gasteiger partial charge on any atom is 0.128 e. The highest BCUT2D eigenvalue weighted by molar-refractivity contribution is 5.90. The molecule has 2 rings (SSSR count). The molecular weight excluding hydrogens is 212 g/mol. The van der Waals surface area contributed by atoms with Gasteiger partial charge >= 0.3 is 0 Å². The van der Waals surface area contributed by atoms with Crippen molar-refractivity contribution < 1.29 is 4.74 Å². The fraction of sp³-hybridized carbons (Fsp3) is 0.429. The highest BCUT2D eigenvalue weighted by Gasteiger charge is 2.13. The Morgan fingerprint density at radius 2 is 2.18 bits per heavy atom. The predicted molar refractivity (Wildman–Crippen MR) is 71.5 cm³/mol. The summed E-state index contributed by atoms with van der Waals surface area (Å²) in [6, 6.07) is 6.33. The molecule has 2 aromatic rings. The molecule has 1 unspecified atom stereocenters. The van der Waals surface area contributed by atoms with E-state index in [1.165, 1.54) is 16.5 Å². The van der Waals surface area contributed by atoms with Crippen LogP contribution >= 0.6 is 0 Å². The molecule has 1 aromatic heterocycles. The van der Waals surface area contributed by atoms with E-state index in [2.05, 4.69) is 23.8 Å². The summed E-state index contributed by atoms with van der Waals surface area (Å²) < 4.78 is 7.70. The van der Waals surface area contributed by atoms with Gasteiger partial charge in [0.05, 0.1) is 12.6 Å². The Morgan fingerprint density at radius 1 is 1.41 bits per heavy atom. The molecule has 0 bridgehead atoms. The fourth-order valence-corrected chi connectivity index (χ4v) is 2.34. The van der Waals surface area contributed by atoms with E-state index in [4.69, 9.17) is 10.5 Å². The molecule has 0 spiro atoms. The summed E-state index contributed by atoms with van der Waals surface area (Å²) in [5, 5.41) is 1.20. The van der Waals surface area contributed by atoms with Gasteiger partial charge in [0.1, 0.15) is 5.75 Å². The number of ether oxygens (including phenoxy) is 1. The van der Waals surface area contributed by atoms with Crippen LogP contribution in [-0.4, -0.2) is 17.7 Å². The summed E-state index contributed by atoms with van der Waals surface area (Å²) in [6.07, 6.45) is 3.07. The largest absolute Gasteiger partial charge is 0.496 e. The number of nitrogens with two attached hydrogens (primary N) is 1. The van der Waals surface area contributed by atoms with Crippen LogP contribution in [-0.2, 0) is 13.0 Å². The number of hydrogen-bond donors (Lipinski definition) is 1. The highest BCUT2D eigenvalue weighted by atomic mass is 16.5. The zero-order valence-corrected chi connectivity index (χ0v) is 10.7. The van der Waals surface area contributed by atoms with Gasteiger partial charge in [-0.2, -0.15) is 0 Å².